The van der Waals surface area contributed by atoms with Gasteiger partial charge < -0.3 is 5.11 Å². The summed E-state index contributed by atoms with van der Waals surface area (Å²) in [5.41, 5.74) is 0.179. The number of unbranched alkanes of at least 4 members (excludes halogenated alkanes) is 1. The van der Waals surface area contributed by atoms with Gasteiger partial charge in [0.2, 0.25) is 10.0 Å². The molecule has 0 heterocycles. The summed E-state index contributed by atoms with van der Waals surface area (Å²) in [6, 6.07) is 3.76. The lowest BCUT2D eigenvalue weighted by molar-refractivity contribution is -0.385. The topological polar surface area (TPSA) is 101 Å². The molecule has 0 spiro atoms. The first-order chi connectivity index (χ1) is 9.84. The Morgan fingerprint density at radius 1 is 1.33 bits per heavy atom. The monoisotopic (exact) mass is 316 g/mol. The van der Waals surface area contributed by atoms with Gasteiger partial charge >= 0.3 is 0 Å². The van der Waals surface area contributed by atoms with Crippen LogP contribution >= 0.6 is 0 Å². The van der Waals surface area contributed by atoms with Crippen molar-refractivity contribution in [2.45, 2.75) is 31.6 Å². The van der Waals surface area contributed by atoms with Crippen LogP contribution in [0.3, 0.4) is 0 Å². The number of aliphatic hydroxyl groups is 1. The molecule has 0 aliphatic carbocycles. The average molecular weight is 316 g/mol. The number of hydrogen-bond acceptors (Lipinski definition) is 5. The van der Waals surface area contributed by atoms with Crippen molar-refractivity contribution in [2.24, 2.45) is 0 Å². The highest BCUT2D eigenvalue weighted by Crippen LogP contribution is 2.25. The predicted molar refractivity (Wildman–Crippen MR) is 78.6 cm³/mol. The van der Waals surface area contributed by atoms with Gasteiger partial charge in [-0.25, -0.2) is 8.42 Å². The van der Waals surface area contributed by atoms with Gasteiger partial charge in [0.15, 0.2) is 0 Å². The molecule has 1 aromatic rings. The van der Waals surface area contributed by atoms with E-state index >= 15 is 0 Å². The Morgan fingerprint density at radius 2 is 2.00 bits per heavy atom. The third-order valence-corrected chi connectivity index (χ3v) is 5.15. The van der Waals surface area contributed by atoms with Gasteiger partial charge in [-0.3, -0.25) is 10.1 Å². The third kappa shape index (κ3) is 4.23. The summed E-state index contributed by atoms with van der Waals surface area (Å²) in [5.74, 6) is 0. The zero-order valence-corrected chi connectivity index (χ0v) is 13.0. The van der Waals surface area contributed by atoms with Crippen LogP contribution in [0.25, 0.3) is 0 Å². The van der Waals surface area contributed by atoms with Gasteiger partial charge in [0.05, 0.1) is 16.4 Å². The summed E-state index contributed by atoms with van der Waals surface area (Å²) >= 11 is 0. The molecule has 0 saturated carbocycles. The molecule has 118 valence electrons. The molecular weight excluding hydrogens is 296 g/mol. The second-order valence-corrected chi connectivity index (χ2v) is 6.59. The molecule has 0 unspecified atom stereocenters. The number of rotatable bonds is 8. The summed E-state index contributed by atoms with van der Waals surface area (Å²) in [6.07, 6.45) is 1.47. The van der Waals surface area contributed by atoms with E-state index in [-0.39, 0.29) is 30.3 Å². The molecule has 0 aliphatic heterocycles. The van der Waals surface area contributed by atoms with Gasteiger partial charge in [0.1, 0.15) is 0 Å². The van der Waals surface area contributed by atoms with Gasteiger partial charge in [0.25, 0.3) is 5.69 Å². The number of sulfonamides is 1. The molecule has 0 saturated heterocycles. The largest absolute Gasteiger partial charge is 0.395 e. The maximum Gasteiger partial charge on any atom is 0.270 e. The number of aliphatic hydroxyl groups excluding tert-OH is 1. The summed E-state index contributed by atoms with van der Waals surface area (Å²) in [5, 5.41) is 19.9. The van der Waals surface area contributed by atoms with Crippen molar-refractivity contribution in [1.29, 1.82) is 0 Å². The van der Waals surface area contributed by atoms with Crippen molar-refractivity contribution in [3.05, 3.63) is 33.9 Å². The van der Waals surface area contributed by atoms with E-state index in [1.807, 2.05) is 6.92 Å². The molecule has 1 rings (SSSR count). The molecule has 0 aromatic heterocycles. The predicted octanol–water partition coefficient (Wildman–Crippen LogP) is 1.69. The number of hydrogen-bond donors (Lipinski definition) is 1. The Morgan fingerprint density at radius 3 is 2.52 bits per heavy atom. The van der Waals surface area contributed by atoms with Crippen LogP contribution in [0.15, 0.2) is 23.1 Å². The lowest BCUT2D eigenvalue weighted by Crippen LogP contribution is -2.34. The molecule has 8 heteroatoms. The SMILES string of the molecule is CCCCN(CCO)S(=O)(=O)c1cc([N+](=O)[O-])ccc1C. The number of aryl methyl sites for hydroxylation is 1. The van der Waals surface area contributed by atoms with E-state index in [4.69, 9.17) is 5.11 Å². The zero-order valence-electron chi connectivity index (χ0n) is 12.2. The van der Waals surface area contributed by atoms with Crippen molar-refractivity contribution < 1.29 is 18.4 Å². The van der Waals surface area contributed by atoms with E-state index in [0.717, 1.165) is 12.5 Å². The highest BCUT2D eigenvalue weighted by molar-refractivity contribution is 7.89. The van der Waals surface area contributed by atoms with Crippen molar-refractivity contribution >= 4 is 15.7 Å². The lowest BCUT2D eigenvalue weighted by Gasteiger charge is -2.22. The number of non-ortho nitro benzene ring substituents is 1. The fraction of sp³-hybridized carbons (Fsp3) is 0.538. The molecule has 0 atom stereocenters. The van der Waals surface area contributed by atoms with Crippen LogP contribution < -0.4 is 0 Å². The van der Waals surface area contributed by atoms with Crippen LogP contribution in [0.1, 0.15) is 25.3 Å². The molecule has 0 fully saturated rings. The second kappa shape index (κ2) is 7.48. The summed E-state index contributed by atoms with van der Waals surface area (Å²) in [4.78, 5) is 10.1. The average Bonchev–Trinajstić information content (AvgIpc) is 2.43. The fourth-order valence-corrected chi connectivity index (χ4v) is 3.63. The van der Waals surface area contributed by atoms with Crippen LogP contribution in [0, 0.1) is 17.0 Å². The normalized spacial score (nSPS) is 11.8. The van der Waals surface area contributed by atoms with Crippen molar-refractivity contribution in [3.63, 3.8) is 0 Å². The highest BCUT2D eigenvalue weighted by Gasteiger charge is 2.27. The van der Waals surface area contributed by atoms with E-state index in [1.54, 1.807) is 6.92 Å². The first-order valence-corrected chi connectivity index (χ1v) is 8.14. The fourth-order valence-electron chi connectivity index (χ4n) is 1.92. The van der Waals surface area contributed by atoms with Gasteiger partial charge in [0, 0.05) is 25.2 Å². The Hall–Kier alpha value is -1.51. The quantitative estimate of drug-likeness (QED) is 0.581. The van der Waals surface area contributed by atoms with E-state index in [0.29, 0.717) is 12.0 Å². The van der Waals surface area contributed by atoms with E-state index in [2.05, 4.69) is 0 Å². The molecule has 7 nitrogen and oxygen atoms in total. The van der Waals surface area contributed by atoms with Crippen molar-refractivity contribution in [1.82, 2.24) is 4.31 Å². The maximum absolute atomic E-state index is 12.6. The molecule has 1 aromatic carbocycles. The van der Waals surface area contributed by atoms with Gasteiger partial charge in [-0.05, 0) is 18.9 Å². The zero-order chi connectivity index (χ0) is 16.0. The van der Waals surface area contributed by atoms with Gasteiger partial charge in [-0.2, -0.15) is 4.31 Å². The second-order valence-electron chi connectivity index (χ2n) is 4.69. The van der Waals surface area contributed by atoms with Crippen molar-refractivity contribution in [3.8, 4) is 0 Å². The molecule has 1 N–H and O–H groups in total. The highest BCUT2D eigenvalue weighted by atomic mass is 32.2. The number of benzene rings is 1. The molecule has 0 bridgehead atoms. The number of nitrogens with zero attached hydrogens (tertiary/aromatic N) is 2. The van der Waals surface area contributed by atoms with Crippen LogP contribution in [0.4, 0.5) is 5.69 Å². The Bertz CT molecular complexity index is 601. The lowest BCUT2D eigenvalue weighted by atomic mass is 10.2. The Labute approximate surface area is 124 Å². The van der Waals surface area contributed by atoms with E-state index < -0.39 is 14.9 Å². The van der Waals surface area contributed by atoms with E-state index in [1.165, 1.54) is 16.4 Å². The van der Waals surface area contributed by atoms with Gasteiger partial charge in [-0.1, -0.05) is 19.4 Å². The maximum atomic E-state index is 12.6. The first-order valence-electron chi connectivity index (χ1n) is 6.70. The molecule has 0 aliphatic rings. The minimum absolute atomic E-state index is 0.0233. The Kier molecular flexibility index (Phi) is 6.25. The number of nitro benzene ring substituents is 1. The van der Waals surface area contributed by atoms with E-state index in [9.17, 15) is 18.5 Å². The summed E-state index contributed by atoms with van der Waals surface area (Å²) < 4.78 is 26.4. The first kappa shape index (κ1) is 17.5. The molecular formula is C13H20N2O5S. The molecule has 0 radical (unpaired) electrons. The summed E-state index contributed by atoms with van der Waals surface area (Å²) in [7, 11) is -3.85. The Balaban J connectivity index is 3.26. The third-order valence-electron chi connectivity index (χ3n) is 3.11. The van der Waals surface area contributed by atoms with Gasteiger partial charge in [-0.15, -0.1) is 0 Å². The van der Waals surface area contributed by atoms with Crippen LogP contribution in [0.2, 0.25) is 0 Å². The standard InChI is InChI=1S/C13H20N2O5S/c1-3-4-7-14(8-9-16)21(19,20)13-10-12(15(17)18)6-5-11(13)2/h5-6,10,16H,3-4,7-9H2,1-2H3. The van der Waals surface area contributed by atoms with Crippen LogP contribution in [-0.2, 0) is 10.0 Å². The smallest absolute Gasteiger partial charge is 0.270 e. The van der Waals surface area contributed by atoms with Crippen LogP contribution in [-0.4, -0.2) is 42.4 Å². The minimum Gasteiger partial charge on any atom is -0.395 e. The summed E-state index contributed by atoms with van der Waals surface area (Å²) in [6.45, 7) is 3.48. The number of nitro groups is 1. The molecule has 21 heavy (non-hydrogen) atoms. The van der Waals surface area contributed by atoms with Crippen molar-refractivity contribution in [2.75, 3.05) is 19.7 Å². The minimum atomic E-state index is -3.85. The molecule has 0 amide bonds. The van der Waals surface area contributed by atoms with Crippen LogP contribution in [0.5, 0.6) is 0 Å².